The molecule has 4 heterocycles. The summed E-state index contributed by atoms with van der Waals surface area (Å²) >= 11 is 0. The molecule has 0 spiro atoms. The summed E-state index contributed by atoms with van der Waals surface area (Å²) in [6, 6.07) is 3.65. The number of hydrogen-bond donors (Lipinski definition) is 0. The van der Waals surface area contributed by atoms with E-state index < -0.39 is 0 Å². The first-order valence-electron chi connectivity index (χ1n) is 8.32. The van der Waals surface area contributed by atoms with Gasteiger partial charge < -0.3 is 9.32 Å². The summed E-state index contributed by atoms with van der Waals surface area (Å²) < 4.78 is 7.15. The Balaban J connectivity index is 1.32. The van der Waals surface area contributed by atoms with Gasteiger partial charge in [-0.05, 0) is 30.9 Å². The molecule has 0 saturated carbocycles. The van der Waals surface area contributed by atoms with E-state index in [4.69, 9.17) is 4.42 Å². The van der Waals surface area contributed by atoms with Crippen LogP contribution in [-0.4, -0.2) is 33.1 Å². The third-order valence-electron chi connectivity index (χ3n) is 4.96. The first-order valence-corrected chi connectivity index (χ1v) is 8.32. The standard InChI is InChI=1S/C17H17N5O2/c23-15-6-12-2-1-3-14(12)20-22(15)10-11-8-21(9-11)17-16-13(4-5-24-16)7-18-19-17/h4-7,11H,1-3,8-10H2. The van der Waals surface area contributed by atoms with Crippen molar-refractivity contribution in [3.05, 3.63) is 46.2 Å². The summed E-state index contributed by atoms with van der Waals surface area (Å²) in [7, 11) is 0. The van der Waals surface area contributed by atoms with E-state index in [1.807, 2.05) is 6.07 Å². The van der Waals surface area contributed by atoms with Crippen molar-refractivity contribution in [3.63, 3.8) is 0 Å². The Hall–Kier alpha value is -2.70. The second-order valence-electron chi connectivity index (χ2n) is 6.63. The van der Waals surface area contributed by atoms with Crippen LogP contribution in [-0.2, 0) is 19.4 Å². The van der Waals surface area contributed by atoms with Gasteiger partial charge in [0, 0.05) is 30.5 Å². The topological polar surface area (TPSA) is 77.1 Å². The van der Waals surface area contributed by atoms with Gasteiger partial charge in [-0.25, -0.2) is 4.68 Å². The molecule has 1 aliphatic heterocycles. The lowest BCUT2D eigenvalue weighted by Crippen LogP contribution is -2.50. The molecule has 0 aromatic carbocycles. The van der Waals surface area contributed by atoms with Crippen molar-refractivity contribution in [2.75, 3.05) is 18.0 Å². The van der Waals surface area contributed by atoms with Crippen molar-refractivity contribution in [1.82, 2.24) is 20.0 Å². The van der Waals surface area contributed by atoms with E-state index in [0.717, 1.165) is 60.4 Å². The number of aryl methyl sites for hydroxylation is 2. The molecule has 0 radical (unpaired) electrons. The minimum atomic E-state index is 0.0158. The molecule has 1 saturated heterocycles. The maximum absolute atomic E-state index is 12.2. The number of aromatic nitrogens is 4. The van der Waals surface area contributed by atoms with E-state index in [1.165, 1.54) is 0 Å². The highest BCUT2D eigenvalue weighted by molar-refractivity contribution is 5.86. The van der Waals surface area contributed by atoms with Crippen molar-refractivity contribution in [1.29, 1.82) is 0 Å². The Morgan fingerprint density at radius 2 is 2.21 bits per heavy atom. The van der Waals surface area contributed by atoms with E-state index in [1.54, 1.807) is 23.2 Å². The van der Waals surface area contributed by atoms with Crippen LogP contribution in [0.2, 0.25) is 0 Å². The lowest BCUT2D eigenvalue weighted by atomic mass is 10.00. The van der Waals surface area contributed by atoms with Gasteiger partial charge in [-0.15, -0.1) is 5.10 Å². The van der Waals surface area contributed by atoms with Crippen molar-refractivity contribution in [2.45, 2.75) is 25.8 Å². The van der Waals surface area contributed by atoms with Gasteiger partial charge in [-0.1, -0.05) is 0 Å². The molecule has 0 N–H and O–H groups in total. The highest BCUT2D eigenvalue weighted by Gasteiger charge is 2.31. The third-order valence-corrected chi connectivity index (χ3v) is 4.96. The summed E-state index contributed by atoms with van der Waals surface area (Å²) in [6.07, 6.45) is 6.44. The number of hydrogen-bond acceptors (Lipinski definition) is 6. The minimum absolute atomic E-state index is 0.0158. The summed E-state index contributed by atoms with van der Waals surface area (Å²) in [5, 5.41) is 13.7. The van der Waals surface area contributed by atoms with Crippen molar-refractivity contribution >= 4 is 16.8 Å². The molecule has 1 aliphatic carbocycles. The highest BCUT2D eigenvalue weighted by Crippen LogP contribution is 2.30. The number of fused-ring (bicyclic) bond motifs is 2. The Morgan fingerprint density at radius 3 is 3.12 bits per heavy atom. The van der Waals surface area contributed by atoms with Crippen LogP contribution in [0.1, 0.15) is 17.7 Å². The second kappa shape index (κ2) is 5.15. The van der Waals surface area contributed by atoms with E-state index in [2.05, 4.69) is 20.2 Å². The number of furan rings is 1. The predicted molar refractivity (Wildman–Crippen MR) is 88.0 cm³/mol. The molecular weight excluding hydrogens is 306 g/mol. The van der Waals surface area contributed by atoms with Gasteiger partial charge in [0.2, 0.25) is 0 Å². The number of nitrogens with zero attached hydrogens (tertiary/aromatic N) is 5. The molecule has 7 heteroatoms. The molecule has 1 fully saturated rings. The predicted octanol–water partition coefficient (Wildman–Crippen LogP) is 1.40. The highest BCUT2D eigenvalue weighted by atomic mass is 16.3. The fourth-order valence-electron chi connectivity index (χ4n) is 3.67. The molecular formula is C17H17N5O2. The second-order valence-corrected chi connectivity index (χ2v) is 6.63. The lowest BCUT2D eigenvalue weighted by Gasteiger charge is -2.39. The van der Waals surface area contributed by atoms with Crippen LogP contribution in [0.25, 0.3) is 11.0 Å². The molecule has 2 aliphatic rings. The molecule has 3 aromatic rings. The fraction of sp³-hybridized carbons (Fsp3) is 0.412. The molecule has 5 rings (SSSR count). The summed E-state index contributed by atoms with van der Waals surface area (Å²) in [4.78, 5) is 14.3. The number of anilines is 1. The van der Waals surface area contributed by atoms with Gasteiger partial charge in [0.05, 0.1) is 24.7 Å². The van der Waals surface area contributed by atoms with Crippen molar-refractivity contribution in [2.24, 2.45) is 5.92 Å². The maximum atomic E-state index is 12.2. The first kappa shape index (κ1) is 13.7. The Morgan fingerprint density at radius 1 is 1.29 bits per heavy atom. The normalized spacial score (nSPS) is 17.2. The Bertz CT molecular complexity index is 971. The monoisotopic (exact) mass is 323 g/mol. The third kappa shape index (κ3) is 2.11. The van der Waals surface area contributed by atoms with Gasteiger partial charge >= 0.3 is 0 Å². The van der Waals surface area contributed by atoms with Gasteiger partial charge in [0.25, 0.3) is 5.56 Å². The van der Waals surface area contributed by atoms with Gasteiger partial charge in [0.1, 0.15) is 0 Å². The van der Waals surface area contributed by atoms with Crippen molar-refractivity contribution < 1.29 is 4.42 Å². The molecule has 0 atom stereocenters. The lowest BCUT2D eigenvalue weighted by molar-refractivity contribution is 0.330. The van der Waals surface area contributed by atoms with Crippen LogP contribution < -0.4 is 10.5 Å². The van der Waals surface area contributed by atoms with Crippen molar-refractivity contribution in [3.8, 4) is 0 Å². The zero-order chi connectivity index (χ0) is 16.1. The zero-order valence-corrected chi connectivity index (χ0v) is 13.2. The van der Waals surface area contributed by atoms with Gasteiger partial charge in [-0.2, -0.15) is 10.2 Å². The zero-order valence-electron chi connectivity index (χ0n) is 13.2. The smallest absolute Gasteiger partial charge is 0.267 e. The van der Waals surface area contributed by atoms with E-state index in [0.29, 0.717) is 12.5 Å². The Kier molecular flexibility index (Phi) is 2.95. The summed E-state index contributed by atoms with van der Waals surface area (Å²) in [5.74, 6) is 1.17. The van der Waals surface area contributed by atoms with Crippen LogP contribution in [0.4, 0.5) is 5.82 Å². The Labute approximate surface area is 137 Å². The maximum Gasteiger partial charge on any atom is 0.267 e. The summed E-state index contributed by atoms with van der Waals surface area (Å²) in [6.45, 7) is 2.32. The molecule has 0 amide bonds. The fourth-order valence-corrected chi connectivity index (χ4v) is 3.67. The van der Waals surface area contributed by atoms with Crippen LogP contribution in [0.5, 0.6) is 0 Å². The van der Waals surface area contributed by atoms with E-state index in [9.17, 15) is 4.79 Å². The quantitative estimate of drug-likeness (QED) is 0.725. The summed E-state index contributed by atoms with van der Waals surface area (Å²) in [5.41, 5.74) is 3.02. The minimum Gasteiger partial charge on any atom is -0.460 e. The van der Waals surface area contributed by atoms with Crippen LogP contribution in [0, 0.1) is 5.92 Å². The molecule has 0 unspecified atom stereocenters. The van der Waals surface area contributed by atoms with Crippen LogP contribution in [0.3, 0.4) is 0 Å². The SMILES string of the molecule is O=c1cc2c(nn1CC1CN(c3nncc4ccoc34)C1)CCC2. The average molecular weight is 323 g/mol. The molecule has 122 valence electrons. The van der Waals surface area contributed by atoms with Gasteiger partial charge in [0.15, 0.2) is 11.4 Å². The molecule has 0 bridgehead atoms. The molecule has 3 aromatic heterocycles. The van der Waals surface area contributed by atoms with E-state index in [-0.39, 0.29) is 5.56 Å². The average Bonchev–Trinajstić information content (AvgIpc) is 3.18. The van der Waals surface area contributed by atoms with Crippen LogP contribution >= 0.6 is 0 Å². The van der Waals surface area contributed by atoms with Crippen LogP contribution in [0.15, 0.2) is 33.8 Å². The van der Waals surface area contributed by atoms with E-state index >= 15 is 0 Å². The number of rotatable bonds is 3. The molecule has 24 heavy (non-hydrogen) atoms. The largest absolute Gasteiger partial charge is 0.460 e. The molecule has 7 nitrogen and oxygen atoms in total. The van der Waals surface area contributed by atoms with Gasteiger partial charge in [-0.3, -0.25) is 4.79 Å². The first-order chi connectivity index (χ1) is 11.8.